The number of hydrogen-bond acceptors (Lipinski definition) is 2. The number of rotatable bonds is 19. The minimum Gasteiger partial charge on any atom is -0.317 e. The Morgan fingerprint density at radius 2 is 0.636 bits per heavy atom. The normalized spacial score (nSPS) is 11.2. The average molecular weight is 313 g/mol. The molecule has 2 N–H and O–H groups in total. The fourth-order valence-electron chi connectivity index (χ4n) is 2.81. The second kappa shape index (κ2) is 20.9. The van der Waals surface area contributed by atoms with Crippen molar-refractivity contribution in [2.45, 2.75) is 104 Å². The highest BCUT2D eigenvalue weighted by atomic mass is 14.9. The molecule has 0 aliphatic rings. The van der Waals surface area contributed by atoms with Crippen LogP contribution in [-0.4, -0.2) is 26.2 Å². The van der Waals surface area contributed by atoms with Gasteiger partial charge in [0, 0.05) is 0 Å². The van der Waals surface area contributed by atoms with Crippen molar-refractivity contribution in [3.8, 4) is 0 Å². The van der Waals surface area contributed by atoms with Gasteiger partial charge in [-0.05, 0) is 51.9 Å². The number of hydrogen-bond donors (Lipinski definition) is 2. The van der Waals surface area contributed by atoms with Crippen LogP contribution in [0.1, 0.15) is 104 Å². The maximum atomic E-state index is 3.58. The van der Waals surface area contributed by atoms with Gasteiger partial charge in [0.25, 0.3) is 0 Å². The monoisotopic (exact) mass is 312 g/mol. The van der Waals surface area contributed by atoms with E-state index in [1.807, 2.05) is 0 Å². The second-order valence-electron chi connectivity index (χ2n) is 6.74. The van der Waals surface area contributed by atoms with E-state index in [4.69, 9.17) is 0 Å². The van der Waals surface area contributed by atoms with E-state index in [2.05, 4.69) is 24.5 Å². The quantitative estimate of drug-likeness (QED) is 0.300. The largest absolute Gasteiger partial charge is 0.317 e. The zero-order valence-electron chi connectivity index (χ0n) is 15.7. The van der Waals surface area contributed by atoms with Crippen LogP contribution >= 0.6 is 0 Å². The first-order valence-electron chi connectivity index (χ1n) is 10.3. The summed E-state index contributed by atoms with van der Waals surface area (Å²) >= 11 is 0. The van der Waals surface area contributed by atoms with Crippen molar-refractivity contribution < 1.29 is 0 Å². The first-order valence-corrected chi connectivity index (χ1v) is 10.3. The molecule has 2 heteroatoms. The molecule has 0 saturated heterocycles. The maximum absolute atomic E-state index is 3.58. The smallest absolute Gasteiger partial charge is 0.00484 e. The molecule has 0 fully saturated rings. The van der Waals surface area contributed by atoms with Gasteiger partial charge in [0.2, 0.25) is 0 Å². The summed E-state index contributed by atoms with van der Waals surface area (Å²) in [5.74, 6) is 0. The Balaban J connectivity index is 2.91. The molecule has 0 radical (unpaired) electrons. The first kappa shape index (κ1) is 21.9. The summed E-state index contributed by atoms with van der Waals surface area (Å²) in [4.78, 5) is 0. The SMILES string of the molecule is CCCCCCCCNCCCCNCCCCCCCC. The summed E-state index contributed by atoms with van der Waals surface area (Å²) in [6.07, 6.45) is 19.4. The van der Waals surface area contributed by atoms with Crippen LogP contribution in [0.5, 0.6) is 0 Å². The minimum atomic E-state index is 1.20. The van der Waals surface area contributed by atoms with E-state index in [1.165, 1.54) is 116 Å². The number of nitrogens with one attached hydrogen (secondary N) is 2. The van der Waals surface area contributed by atoms with Crippen molar-refractivity contribution in [3.05, 3.63) is 0 Å². The van der Waals surface area contributed by atoms with Gasteiger partial charge >= 0.3 is 0 Å². The molecule has 0 saturated carbocycles. The lowest BCUT2D eigenvalue weighted by Gasteiger charge is -2.06. The zero-order chi connectivity index (χ0) is 16.1. The lowest BCUT2D eigenvalue weighted by Crippen LogP contribution is -2.20. The summed E-state index contributed by atoms with van der Waals surface area (Å²) in [5.41, 5.74) is 0. The molecule has 22 heavy (non-hydrogen) atoms. The summed E-state index contributed by atoms with van der Waals surface area (Å²) in [5, 5.41) is 7.16. The van der Waals surface area contributed by atoms with Crippen molar-refractivity contribution in [2.75, 3.05) is 26.2 Å². The highest BCUT2D eigenvalue weighted by molar-refractivity contribution is 4.54. The van der Waals surface area contributed by atoms with Gasteiger partial charge in [-0.25, -0.2) is 0 Å². The third kappa shape index (κ3) is 19.9. The highest BCUT2D eigenvalue weighted by Crippen LogP contribution is 2.04. The van der Waals surface area contributed by atoms with Crippen molar-refractivity contribution in [1.82, 2.24) is 10.6 Å². The Kier molecular flexibility index (Phi) is 20.8. The predicted molar refractivity (Wildman–Crippen MR) is 102 cm³/mol. The summed E-state index contributed by atoms with van der Waals surface area (Å²) < 4.78 is 0. The minimum absolute atomic E-state index is 1.20. The van der Waals surface area contributed by atoms with E-state index >= 15 is 0 Å². The maximum Gasteiger partial charge on any atom is -0.00484 e. The van der Waals surface area contributed by atoms with Crippen molar-refractivity contribution in [1.29, 1.82) is 0 Å². The molecule has 2 nitrogen and oxygen atoms in total. The Labute approximate surface area is 141 Å². The van der Waals surface area contributed by atoms with Crippen LogP contribution in [0, 0.1) is 0 Å². The van der Waals surface area contributed by atoms with Gasteiger partial charge in [0.15, 0.2) is 0 Å². The van der Waals surface area contributed by atoms with Crippen LogP contribution in [0.3, 0.4) is 0 Å². The third-order valence-electron chi connectivity index (χ3n) is 4.37. The van der Waals surface area contributed by atoms with Crippen molar-refractivity contribution >= 4 is 0 Å². The molecular weight excluding hydrogens is 268 g/mol. The standard InChI is InChI=1S/C20H44N2/c1-3-5-7-9-11-13-17-21-19-15-16-20-22-18-14-12-10-8-6-4-2/h21-22H,3-20H2,1-2H3. The predicted octanol–water partition coefficient (Wildman–Crippen LogP) is 5.67. The zero-order valence-corrected chi connectivity index (χ0v) is 15.7. The van der Waals surface area contributed by atoms with Crippen LogP contribution < -0.4 is 10.6 Å². The van der Waals surface area contributed by atoms with E-state index in [9.17, 15) is 0 Å². The Morgan fingerprint density at radius 1 is 0.364 bits per heavy atom. The molecule has 0 spiro atoms. The van der Waals surface area contributed by atoms with Gasteiger partial charge < -0.3 is 10.6 Å². The molecule has 0 aromatic rings. The van der Waals surface area contributed by atoms with E-state index < -0.39 is 0 Å². The molecule has 0 aromatic heterocycles. The molecule has 0 heterocycles. The first-order chi connectivity index (χ1) is 10.9. The van der Waals surface area contributed by atoms with Gasteiger partial charge in [0.05, 0.1) is 0 Å². The molecule has 0 atom stereocenters. The van der Waals surface area contributed by atoms with Crippen LogP contribution in [-0.2, 0) is 0 Å². The number of unbranched alkanes of at least 4 members (excludes halogenated alkanes) is 11. The molecule has 0 aliphatic heterocycles. The van der Waals surface area contributed by atoms with E-state index in [-0.39, 0.29) is 0 Å². The van der Waals surface area contributed by atoms with E-state index in [1.54, 1.807) is 0 Å². The average Bonchev–Trinajstić information content (AvgIpc) is 2.54. The lowest BCUT2D eigenvalue weighted by molar-refractivity contribution is 0.536. The lowest BCUT2D eigenvalue weighted by atomic mass is 10.1. The Bertz CT molecular complexity index is 163. The summed E-state index contributed by atoms with van der Waals surface area (Å²) in [6.45, 7) is 9.41. The highest BCUT2D eigenvalue weighted by Gasteiger charge is 1.93. The Morgan fingerprint density at radius 3 is 1.00 bits per heavy atom. The van der Waals surface area contributed by atoms with Gasteiger partial charge in [0.1, 0.15) is 0 Å². The van der Waals surface area contributed by atoms with Crippen LogP contribution in [0.4, 0.5) is 0 Å². The van der Waals surface area contributed by atoms with Crippen LogP contribution in [0.2, 0.25) is 0 Å². The van der Waals surface area contributed by atoms with Gasteiger partial charge in [-0.1, -0.05) is 78.1 Å². The molecule has 0 bridgehead atoms. The molecule has 0 aromatic carbocycles. The van der Waals surface area contributed by atoms with Gasteiger partial charge in [-0.2, -0.15) is 0 Å². The molecule has 0 unspecified atom stereocenters. The fraction of sp³-hybridized carbons (Fsp3) is 1.00. The van der Waals surface area contributed by atoms with Gasteiger partial charge in [-0.15, -0.1) is 0 Å². The summed E-state index contributed by atoms with van der Waals surface area (Å²) in [7, 11) is 0. The molecule has 0 aliphatic carbocycles. The molecule has 134 valence electrons. The third-order valence-corrected chi connectivity index (χ3v) is 4.37. The van der Waals surface area contributed by atoms with Crippen molar-refractivity contribution in [2.24, 2.45) is 0 Å². The van der Waals surface area contributed by atoms with E-state index in [0.717, 1.165) is 0 Å². The topological polar surface area (TPSA) is 24.1 Å². The Hall–Kier alpha value is -0.0800. The van der Waals surface area contributed by atoms with E-state index in [0.29, 0.717) is 0 Å². The van der Waals surface area contributed by atoms with Gasteiger partial charge in [-0.3, -0.25) is 0 Å². The molecule has 0 rings (SSSR count). The molecule has 0 amide bonds. The molecular formula is C20H44N2. The fourth-order valence-corrected chi connectivity index (χ4v) is 2.81. The van der Waals surface area contributed by atoms with Crippen molar-refractivity contribution in [3.63, 3.8) is 0 Å². The summed E-state index contributed by atoms with van der Waals surface area (Å²) in [6, 6.07) is 0. The van der Waals surface area contributed by atoms with Crippen LogP contribution in [0.15, 0.2) is 0 Å². The second-order valence-corrected chi connectivity index (χ2v) is 6.74. The van der Waals surface area contributed by atoms with Crippen LogP contribution in [0.25, 0.3) is 0 Å².